The maximum Gasteiger partial charge on any atom is 0.305 e. The molecule has 0 bridgehead atoms. The number of anilines is 1. The van der Waals surface area contributed by atoms with Crippen LogP contribution in [-0.4, -0.2) is 52.2 Å². The lowest BCUT2D eigenvalue weighted by atomic mass is 10.0. The van der Waals surface area contributed by atoms with Crippen LogP contribution in [0.2, 0.25) is 0 Å². The van der Waals surface area contributed by atoms with E-state index in [1.54, 1.807) is 6.07 Å². The monoisotopic (exact) mass is 599 g/mol. The number of unbranched alkanes of at least 4 members (excludes halogenated alkanes) is 1. The van der Waals surface area contributed by atoms with Crippen LogP contribution in [-0.2, 0) is 19.6 Å². The van der Waals surface area contributed by atoms with Crippen LogP contribution in [0.5, 0.6) is 0 Å². The minimum Gasteiger partial charge on any atom is -0.469 e. The summed E-state index contributed by atoms with van der Waals surface area (Å²) in [5, 5.41) is 3.13. The standard InChI is InChI=1S/C23H26IN3O6S/c1-14-8-10-15(11-9-14)20-19(22(29)25-2)16-13-17(24)21(26-23(16)33-20)27(34(4,30)31)12-6-5-7-18(28)32-3/h8-11,13H,5-7,12H2,1-4H3,(H,25,29). The molecule has 0 atom stereocenters. The van der Waals surface area contributed by atoms with Gasteiger partial charge in [0.15, 0.2) is 5.82 Å². The Morgan fingerprint density at radius 3 is 2.47 bits per heavy atom. The van der Waals surface area contributed by atoms with Gasteiger partial charge in [0.05, 0.1) is 27.9 Å². The molecule has 11 heteroatoms. The molecule has 0 aliphatic rings. The minimum atomic E-state index is -3.67. The van der Waals surface area contributed by atoms with E-state index in [1.165, 1.54) is 18.5 Å². The molecule has 0 fully saturated rings. The Morgan fingerprint density at radius 2 is 1.88 bits per heavy atom. The Labute approximate surface area is 212 Å². The van der Waals surface area contributed by atoms with Gasteiger partial charge in [-0.25, -0.2) is 8.42 Å². The van der Waals surface area contributed by atoms with Gasteiger partial charge in [0.2, 0.25) is 15.7 Å². The van der Waals surface area contributed by atoms with Gasteiger partial charge in [0.25, 0.3) is 5.91 Å². The number of methoxy groups -OCH3 is 1. The molecule has 2 heterocycles. The summed E-state index contributed by atoms with van der Waals surface area (Å²) in [5.41, 5.74) is 2.27. The first-order valence-corrected chi connectivity index (χ1v) is 13.5. The van der Waals surface area contributed by atoms with Crippen molar-refractivity contribution in [2.24, 2.45) is 0 Å². The van der Waals surface area contributed by atoms with Crippen molar-refractivity contribution in [2.75, 3.05) is 31.3 Å². The fraction of sp³-hybridized carbons (Fsp3) is 0.348. The van der Waals surface area contributed by atoms with Crippen molar-refractivity contribution in [3.63, 3.8) is 0 Å². The second kappa shape index (κ2) is 10.7. The lowest BCUT2D eigenvalue weighted by molar-refractivity contribution is -0.140. The fourth-order valence-corrected chi connectivity index (χ4v) is 5.28. The molecule has 0 saturated heterocycles. The van der Waals surface area contributed by atoms with E-state index in [0.29, 0.717) is 38.7 Å². The number of carbonyl (C=O) groups excluding carboxylic acids is 2. The summed E-state index contributed by atoms with van der Waals surface area (Å²) in [4.78, 5) is 28.6. The number of rotatable bonds is 9. The van der Waals surface area contributed by atoms with Crippen molar-refractivity contribution >= 4 is 61.4 Å². The average Bonchev–Trinajstić information content (AvgIpc) is 3.15. The third-order valence-electron chi connectivity index (χ3n) is 5.24. The second-order valence-electron chi connectivity index (χ2n) is 7.77. The first-order valence-electron chi connectivity index (χ1n) is 10.5. The highest BCUT2D eigenvalue weighted by molar-refractivity contribution is 14.1. The van der Waals surface area contributed by atoms with Gasteiger partial charge in [0.1, 0.15) is 5.76 Å². The molecule has 34 heavy (non-hydrogen) atoms. The van der Waals surface area contributed by atoms with Crippen LogP contribution in [0, 0.1) is 10.5 Å². The van der Waals surface area contributed by atoms with Crippen LogP contribution in [0.4, 0.5) is 5.82 Å². The first-order chi connectivity index (χ1) is 16.1. The third-order valence-corrected chi connectivity index (χ3v) is 7.19. The van der Waals surface area contributed by atoms with E-state index in [4.69, 9.17) is 4.42 Å². The number of sulfonamides is 1. The molecule has 9 nitrogen and oxygen atoms in total. The van der Waals surface area contributed by atoms with Crippen molar-refractivity contribution < 1.29 is 27.2 Å². The number of aryl methyl sites for hydroxylation is 1. The molecule has 0 radical (unpaired) electrons. The number of pyridine rings is 1. The molecule has 0 saturated carbocycles. The number of nitrogens with one attached hydrogen (secondary N) is 1. The maximum atomic E-state index is 12.7. The molecule has 0 spiro atoms. The lowest BCUT2D eigenvalue weighted by Crippen LogP contribution is -2.32. The Morgan fingerprint density at radius 1 is 1.21 bits per heavy atom. The molecule has 2 aromatic heterocycles. The van der Waals surface area contributed by atoms with Gasteiger partial charge in [-0.15, -0.1) is 0 Å². The van der Waals surface area contributed by atoms with E-state index < -0.39 is 10.0 Å². The van der Waals surface area contributed by atoms with Crippen LogP contribution < -0.4 is 9.62 Å². The predicted molar refractivity (Wildman–Crippen MR) is 138 cm³/mol. The molecule has 3 aromatic rings. The molecule has 0 unspecified atom stereocenters. The predicted octanol–water partition coefficient (Wildman–Crippen LogP) is 3.88. The SMILES string of the molecule is CNC(=O)c1c(-c2ccc(C)cc2)oc2nc(N(CCCCC(=O)OC)S(C)(=O)=O)c(I)cc12. The molecule has 1 amide bonds. The van der Waals surface area contributed by atoms with Crippen LogP contribution in [0.1, 0.15) is 35.2 Å². The molecule has 1 aromatic carbocycles. The van der Waals surface area contributed by atoms with Gasteiger partial charge in [-0.1, -0.05) is 29.8 Å². The largest absolute Gasteiger partial charge is 0.469 e. The summed E-state index contributed by atoms with van der Waals surface area (Å²) in [6.07, 6.45) is 2.21. The Balaban J connectivity index is 2.08. The number of hydrogen-bond acceptors (Lipinski definition) is 7. The van der Waals surface area contributed by atoms with Crippen molar-refractivity contribution in [3.8, 4) is 11.3 Å². The van der Waals surface area contributed by atoms with E-state index in [1.807, 2.05) is 53.8 Å². The van der Waals surface area contributed by atoms with Gasteiger partial charge in [-0.2, -0.15) is 4.98 Å². The second-order valence-corrected chi connectivity index (χ2v) is 10.8. The van der Waals surface area contributed by atoms with Crippen molar-refractivity contribution in [2.45, 2.75) is 26.2 Å². The number of benzene rings is 1. The van der Waals surface area contributed by atoms with E-state index >= 15 is 0 Å². The summed E-state index contributed by atoms with van der Waals surface area (Å²) in [7, 11) is -0.820. The van der Waals surface area contributed by atoms with Crippen molar-refractivity contribution in [1.82, 2.24) is 10.3 Å². The summed E-state index contributed by atoms with van der Waals surface area (Å²) < 4.78 is 37.6. The van der Waals surface area contributed by atoms with E-state index in [9.17, 15) is 18.0 Å². The highest BCUT2D eigenvalue weighted by Gasteiger charge is 2.27. The fourth-order valence-electron chi connectivity index (χ4n) is 3.48. The van der Waals surface area contributed by atoms with Gasteiger partial charge < -0.3 is 14.5 Å². The quantitative estimate of drug-likeness (QED) is 0.225. The Bertz CT molecular complexity index is 1320. The van der Waals surface area contributed by atoms with Gasteiger partial charge in [0, 0.05) is 25.6 Å². The maximum absolute atomic E-state index is 12.7. The number of aromatic nitrogens is 1. The Kier molecular flexibility index (Phi) is 8.18. The summed E-state index contributed by atoms with van der Waals surface area (Å²) in [5.74, 6) is -0.108. The molecule has 1 N–H and O–H groups in total. The number of furan rings is 1. The molecule has 0 aliphatic carbocycles. The highest BCUT2D eigenvalue weighted by atomic mass is 127. The van der Waals surface area contributed by atoms with Crippen LogP contribution >= 0.6 is 22.6 Å². The van der Waals surface area contributed by atoms with E-state index in [-0.39, 0.29) is 36.4 Å². The highest BCUT2D eigenvalue weighted by Crippen LogP contribution is 2.36. The van der Waals surface area contributed by atoms with Gasteiger partial charge >= 0.3 is 5.97 Å². The molecule has 182 valence electrons. The summed E-state index contributed by atoms with van der Waals surface area (Å²) >= 11 is 2.01. The molecule has 3 rings (SSSR count). The van der Waals surface area contributed by atoms with Gasteiger partial charge in [-0.3, -0.25) is 13.9 Å². The van der Waals surface area contributed by atoms with Crippen LogP contribution in [0.3, 0.4) is 0 Å². The number of esters is 1. The molecule has 0 aliphatic heterocycles. The number of fused-ring (bicyclic) bond motifs is 1. The average molecular weight is 599 g/mol. The van der Waals surface area contributed by atoms with Crippen molar-refractivity contribution in [1.29, 1.82) is 0 Å². The number of nitrogens with zero attached hydrogens (tertiary/aromatic N) is 2. The number of carbonyl (C=O) groups is 2. The molecular weight excluding hydrogens is 573 g/mol. The van der Waals surface area contributed by atoms with E-state index in [0.717, 1.165) is 11.8 Å². The molecular formula is C23H26IN3O6S. The third kappa shape index (κ3) is 5.69. The number of amides is 1. The zero-order valence-electron chi connectivity index (χ0n) is 19.3. The minimum absolute atomic E-state index is 0.137. The van der Waals surface area contributed by atoms with Crippen LogP contribution in [0.15, 0.2) is 34.7 Å². The summed E-state index contributed by atoms with van der Waals surface area (Å²) in [6, 6.07) is 9.25. The van der Waals surface area contributed by atoms with Crippen molar-refractivity contribution in [3.05, 3.63) is 45.0 Å². The zero-order valence-corrected chi connectivity index (χ0v) is 22.3. The van der Waals surface area contributed by atoms with E-state index in [2.05, 4.69) is 15.0 Å². The smallest absolute Gasteiger partial charge is 0.305 e. The normalized spacial score (nSPS) is 11.4. The first kappa shape index (κ1) is 25.9. The zero-order chi connectivity index (χ0) is 25.0. The number of ether oxygens (including phenoxy) is 1. The Hall–Kier alpha value is -2.67. The topological polar surface area (TPSA) is 119 Å². The summed E-state index contributed by atoms with van der Waals surface area (Å²) in [6.45, 7) is 2.10. The number of halogens is 1. The number of hydrogen-bond donors (Lipinski definition) is 1. The van der Waals surface area contributed by atoms with Gasteiger partial charge in [-0.05, 0) is 48.4 Å². The van der Waals surface area contributed by atoms with Crippen LogP contribution in [0.25, 0.3) is 22.4 Å². The lowest BCUT2D eigenvalue weighted by Gasteiger charge is -2.22.